The minimum absolute atomic E-state index is 0.0181. The van der Waals surface area contributed by atoms with Crippen molar-refractivity contribution in [3.8, 4) is 11.5 Å². The maximum Gasteiger partial charge on any atom is 0.258 e. The van der Waals surface area contributed by atoms with Crippen LogP contribution in [0.15, 0.2) is 36.4 Å². The van der Waals surface area contributed by atoms with Gasteiger partial charge in [-0.05, 0) is 36.8 Å². The fourth-order valence-electron chi connectivity index (χ4n) is 3.36. The molecule has 1 N–H and O–H groups in total. The molecule has 2 aromatic rings. The van der Waals surface area contributed by atoms with Gasteiger partial charge >= 0.3 is 0 Å². The SMILES string of the molecule is O=C(c1cccc2c1OCO2)N1C[C@H](O)C[C@@H]1c1cc(F)ccc1F. The monoisotopic (exact) mass is 347 g/mol. The van der Waals surface area contributed by atoms with E-state index in [2.05, 4.69) is 0 Å². The number of hydrogen-bond acceptors (Lipinski definition) is 4. The van der Waals surface area contributed by atoms with Gasteiger partial charge in [0, 0.05) is 12.1 Å². The van der Waals surface area contributed by atoms with Gasteiger partial charge in [0.1, 0.15) is 11.6 Å². The number of rotatable bonds is 2. The van der Waals surface area contributed by atoms with Crippen LogP contribution in [0.25, 0.3) is 0 Å². The van der Waals surface area contributed by atoms with Gasteiger partial charge in [-0.15, -0.1) is 0 Å². The number of aliphatic hydroxyl groups is 1. The van der Waals surface area contributed by atoms with Crippen LogP contribution in [-0.2, 0) is 0 Å². The zero-order chi connectivity index (χ0) is 17.6. The third-order valence-electron chi connectivity index (χ3n) is 4.48. The Bertz CT molecular complexity index is 842. The summed E-state index contributed by atoms with van der Waals surface area (Å²) in [5, 5.41) is 10.0. The summed E-state index contributed by atoms with van der Waals surface area (Å²) in [6.07, 6.45) is -0.677. The highest BCUT2D eigenvalue weighted by Crippen LogP contribution is 2.40. The standard InChI is InChI=1S/C18H15F2NO4/c19-10-4-5-14(20)13(6-10)15-7-11(22)8-21(15)18(23)12-2-1-3-16-17(12)25-9-24-16/h1-6,11,15,22H,7-9H2/t11-,15-/m1/s1. The average molecular weight is 347 g/mol. The quantitative estimate of drug-likeness (QED) is 0.907. The smallest absolute Gasteiger partial charge is 0.258 e. The Morgan fingerprint density at radius 1 is 1.20 bits per heavy atom. The normalized spacial score (nSPS) is 21.6. The average Bonchev–Trinajstić information content (AvgIpc) is 3.22. The van der Waals surface area contributed by atoms with Gasteiger partial charge in [0.05, 0.1) is 17.7 Å². The molecule has 0 saturated carbocycles. The predicted molar refractivity (Wildman–Crippen MR) is 83.3 cm³/mol. The molecule has 0 bridgehead atoms. The molecular formula is C18H15F2NO4. The summed E-state index contributed by atoms with van der Waals surface area (Å²) in [5.74, 6) is -0.849. The second-order valence-electron chi connectivity index (χ2n) is 6.07. The molecule has 0 radical (unpaired) electrons. The van der Waals surface area contributed by atoms with Crippen LogP contribution in [0.3, 0.4) is 0 Å². The summed E-state index contributed by atoms with van der Waals surface area (Å²) in [7, 11) is 0. The van der Waals surface area contributed by atoms with Crippen molar-refractivity contribution in [3.05, 3.63) is 59.2 Å². The highest BCUT2D eigenvalue weighted by Gasteiger charge is 2.38. The Morgan fingerprint density at radius 2 is 2.04 bits per heavy atom. The number of aliphatic hydroxyl groups excluding tert-OH is 1. The Kier molecular flexibility index (Phi) is 3.80. The van der Waals surface area contributed by atoms with Gasteiger partial charge in [0.15, 0.2) is 11.5 Å². The van der Waals surface area contributed by atoms with Crippen LogP contribution in [0.5, 0.6) is 11.5 Å². The molecule has 0 aromatic heterocycles. The third-order valence-corrected chi connectivity index (χ3v) is 4.48. The molecule has 2 aromatic carbocycles. The topological polar surface area (TPSA) is 59.0 Å². The lowest BCUT2D eigenvalue weighted by molar-refractivity contribution is 0.0709. The van der Waals surface area contributed by atoms with Crippen molar-refractivity contribution in [1.82, 2.24) is 4.90 Å². The molecule has 2 aliphatic heterocycles. The molecule has 7 heteroatoms. The highest BCUT2D eigenvalue weighted by atomic mass is 19.1. The summed E-state index contributed by atoms with van der Waals surface area (Å²) in [6, 6.07) is 7.27. The van der Waals surface area contributed by atoms with Crippen LogP contribution in [0.2, 0.25) is 0 Å². The minimum atomic E-state index is -0.814. The summed E-state index contributed by atoms with van der Waals surface area (Å²) in [6.45, 7) is 0.0498. The number of nitrogens with zero attached hydrogens (tertiary/aromatic N) is 1. The number of hydrogen-bond donors (Lipinski definition) is 1. The van der Waals surface area contributed by atoms with E-state index in [1.807, 2.05) is 0 Å². The highest BCUT2D eigenvalue weighted by molar-refractivity contribution is 5.98. The Hall–Kier alpha value is -2.67. The zero-order valence-electron chi connectivity index (χ0n) is 13.1. The molecule has 5 nitrogen and oxygen atoms in total. The number of carbonyl (C=O) groups is 1. The molecular weight excluding hydrogens is 332 g/mol. The molecule has 2 aliphatic rings. The van der Waals surface area contributed by atoms with E-state index in [4.69, 9.17) is 9.47 Å². The third kappa shape index (κ3) is 2.70. The summed E-state index contributed by atoms with van der Waals surface area (Å²) in [4.78, 5) is 14.3. The Morgan fingerprint density at radius 3 is 2.88 bits per heavy atom. The molecule has 1 fully saturated rings. The fraction of sp³-hybridized carbons (Fsp3) is 0.278. The first-order chi connectivity index (χ1) is 12.0. The van der Waals surface area contributed by atoms with Crippen LogP contribution >= 0.6 is 0 Å². The molecule has 1 amide bonds. The number of carbonyl (C=O) groups excluding carboxylic acids is 1. The van der Waals surface area contributed by atoms with E-state index >= 15 is 0 Å². The van der Waals surface area contributed by atoms with Gasteiger partial charge < -0.3 is 19.5 Å². The number of β-amino-alcohol motifs (C(OH)–C–C–N with tert-alkyl or cyclic N) is 1. The largest absolute Gasteiger partial charge is 0.454 e. The Labute approximate surface area is 142 Å². The van der Waals surface area contributed by atoms with Crippen LogP contribution < -0.4 is 9.47 Å². The maximum absolute atomic E-state index is 14.2. The van der Waals surface area contributed by atoms with Gasteiger partial charge in [-0.25, -0.2) is 8.78 Å². The van der Waals surface area contributed by atoms with Crippen molar-refractivity contribution < 1.29 is 28.2 Å². The van der Waals surface area contributed by atoms with Crippen molar-refractivity contribution in [3.63, 3.8) is 0 Å². The van der Waals surface area contributed by atoms with Gasteiger partial charge in [-0.1, -0.05) is 6.07 Å². The molecule has 0 spiro atoms. The molecule has 2 atom stereocenters. The van der Waals surface area contributed by atoms with Crippen LogP contribution in [-0.4, -0.2) is 35.4 Å². The first-order valence-electron chi connectivity index (χ1n) is 7.87. The molecule has 1 saturated heterocycles. The number of likely N-dealkylation sites (tertiary alicyclic amines) is 1. The fourth-order valence-corrected chi connectivity index (χ4v) is 3.36. The first-order valence-corrected chi connectivity index (χ1v) is 7.87. The van der Waals surface area contributed by atoms with E-state index in [0.29, 0.717) is 11.5 Å². The number of amides is 1. The van der Waals surface area contributed by atoms with Gasteiger partial charge in [0.2, 0.25) is 6.79 Å². The number of fused-ring (bicyclic) bond motifs is 1. The maximum atomic E-state index is 14.2. The van der Waals surface area contributed by atoms with Crippen molar-refractivity contribution in [2.45, 2.75) is 18.6 Å². The lowest BCUT2D eigenvalue weighted by Crippen LogP contribution is -2.32. The number of ether oxygens (including phenoxy) is 2. The van der Waals surface area contributed by atoms with E-state index in [9.17, 15) is 18.7 Å². The predicted octanol–water partition coefficient (Wildman–Crippen LogP) is 2.64. The van der Waals surface area contributed by atoms with Crippen molar-refractivity contribution in [2.24, 2.45) is 0 Å². The zero-order valence-corrected chi connectivity index (χ0v) is 13.1. The first kappa shape index (κ1) is 15.8. The summed E-state index contributed by atoms with van der Waals surface area (Å²) >= 11 is 0. The molecule has 130 valence electrons. The van der Waals surface area contributed by atoms with Gasteiger partial charge in [-0.3, -0.25) is 4.79 Å². The lowest BCUT2D eigenvalue weighted by atomic mass is 10.0. The van der Waals surface area contributed by atoms with E-state index in [0.717, 1.165) is 18.2 Å². The molecule has 4 rings (SSSR count). The van der Waals surface area contributed by atoms with Crippen molar-refractivity contribution in [2.75, 3.05) is 13.3 Å². The van der Waals surface area contributed by atoms with E-state index in [1.165, 1.54) is 4.90 Å². The van der Waals surface area contributed by atoms with Crippen LogP contribution in [0.1, 0.15) is 28.4 Å². The molecule has 0 unspecified atom stereocenters. The van der Waals surface area contributed by atoms with Crippen molar-refractivity contribution >= 4 is 5.91 Å². The molecule has 0 aliphatic carbocycles. The van der Waals surface area contributed by atoms with E-state index in [-0.39, 0.29) is 30.9 Å². The van der Waals surface area contributed by atoms with Crippen LogP contribution in [0.4, 0.5) is 8.78 Å². The molecule has 25 heavy (non-hydrogen) atoms. The number of para-hydroxylation sites is 1. The van der Waals surface area contributed by atoms with Gasteiger partial charge in [-0.2, -0.15) is 0 Å². The number of benzene rings is 2. The second kappa shape index (κ2) is 6.00. The lowest BCUT2D eigenvalue weighted by Gasteiger charge is -2.25. The number of halogens is 2. The summed E-state index contributed by atoms with van der Waals surface area (Å²) in [5.41, 5.74) is 0.320. The van der Waals surface area contributed by atoms with E-state index < -0.39 is 29.7 Å². The minimum Gasteiger partial charge on any atom is -0.454 e. The Balaban J connectivity index is 1.72. The summed E-state index contributed by atoms with van der Waals surface area (Å²) < 4.78 is 38.4. The second-order valence-corrected chi connectivity index (χ2v) is 6.07. The molecule has 2 heterocycles. The van der Waals surface area contributed by atoms with E-state index in [1.54, 1.807) is 18.2 Å². The van der Waals surface area contributed by atoms with Crippen molar-refractivity contribution in [1.29, 1.82) is 0 Å². The van der Waals surface area contributed by atoms with Gasteiger partial charge in [0.25, 0.3) is 5.91 Å². The van der Waals surface area contributed by atoms with Crippen LogP contribution in [0, 0.1) is 11.6 Å².